The van der Waals surface area contributed by atoms with Crippen LogP contribution in [-0.4, -0.2) is 17.7 Å². The van der Waals surface area contributed by atoms with Gasteiger partial charge in [0.05, 0.1) is 17.9 Å². The molecule has 3 rings (SSSR count). The van der Waals surface area contributed by atoms with Gasteiger partial charge in [0.15, 0.2) is 5.58 Å². The summed E-state index contributed by atoms with van der Waals surface area (Å²) < 4.78 is 10.7. The van der Waals surface area contributed by atoms with Crippen molar-refractivity contribution in [3.63, 3.8) is 0 Å². The van der Waals surface area contributed by atoms with Crippen molar-refractivity contribution >= 4 is 22.9 Å². The van der Waals surface area contributed by atoms with Crippen LogP contribution in [0, 0.1) is 6.92 Å². The summed E-state index contributed by atoms with van der Waals surface area (Å²) >= 11 is 0. The van der Waals surface area contributed by atoms with E-state index in [4.69, 9.17) is 9.15 Å². The first kappa shape index (κ1) is 14.1. The molecule has 0 spiro atoms. The van der Waals surface area contributed by atoms with Crippen molar-refractivity contribution in [2.75, 3.05) is 11.9 Å². The zero-order chi connectivity index (χ0) is 15.5. The first-order valence-corrected chi connectivity index (χ1v) is 7.07. The summed E-state index contributed by atoms with van der Waals surface area (Å²) in [5.41, 5.74) is 3.94. The monoisotopic (exact) mass is 296 g/mol. The van der Waals surface area contributed by atoms with Crippen LogP contribution in [0.4, 0.5) is 10.5 Å². The van der Waals surface area contributed by atoms with Crippen molar-refractivity contribution < 1.29 is 13.9 Å². The van der Waals surface area contributed by atoms with Crippen LogP contribution in [0.1, 0.15) is 12.5 Å². The number of aromatic nitrogens is 1. The molecule has 0 saturated carbocycles. The zero-order valence-electron chi connectivity index (χ0n) is 12.4. The minimum Gasteiger partial charge on any atom is -0.450 e. The smallest absolute Gasteiger partial charge is 0.411 e. The van der Waals surface area contributed by atoms with Crippen LogP contribution in [0.25, 0.3) is 22.6 Å². The number of rotatable bonds is 3. The lowest BCUT2D eigenvalue weighted by Gasteiger charge is -2.08. The Balaban J connectivity index is 2.01. The maximum atomic E-state index is 11.6. The molecule has 0 aliphatic rings. The Bertz CT molecular complexity index is 824. The Kier molecular flexibility index (Phi) is 3.78. The number of fused-ring (bicyclic) bond motifs is 1. The molecule has 0 fully saturated rings. The van der Waals surface area contributed by atoms with E-state index in [1.807, 2.05) is 43.3 Å². The van der Waals surface area contributed by atoms with Gasteiger partial charge in [-0.05, 0) is 43.7 Å². The van der Waals surface area contributed by atoms with E-state index in [2.05, 4.69) is 10.3 Å². The number of amides is 1. The molecule has 3 aromatic rings. The maximum Gasteiger partial charge on any atom is 0.411 e. The largest absolute Gasteiger partial charge is 0.450 e. The molecule has 112 valence electrons. The van der Waals surface area contributed by atoms with Gasteiger partial charge >= 0.3 is 6.09 Å². The highest BCUT2D eigenvalue weighted by atomic mass is 16.5. The van der Waals surface area contributed by atoms with Gasteiger partial charge in [-0.15, -0.1) is 0 Å². The van der Waals surface area contributed by atoms with E-state index < -0.39 is 6.09 Å². The lowest BCUT2D eigenvalue weighted by molar-refractivity contribution is 0.168. The van der Waals surface area contributed by atoms with Crippen LogP contribution >= 0.6 is 0 Å². The molecule has 0 saturated heterocycles. The molecule has 0 atom stereocenters. The number of ether oxygens (including phenoxy) is 1. The lowest BCUT2D eigenvalue weighted by atomic mass is 10.2. The number of nitrogens with zero attached hydrogens (tertiary/aromatic N) is 1. The second kappa shape index (κ2) is 5.89. The molecule has 0 radical (unpaired) electrons. The van der Waals surface area contributed by atoms with Gasteiger partial charge in [-0.25, -0.2) is 9.78 Å². The third-order valence-electron chi connectivity index (χ3n) is 3.21. The van der Waals surface area contributed by atoms with Crippen LogP contribution in [0.3, 0.4) is 0 Å². The van der Waals surface area contributed by atoms with Gasteiger partial charge in [-0.2, -0.15) is 0 Å². The normalized spacial score (nSPS) is 10.6. The van der Waals surface area contributed by atoms with Crippen LogP contribution in [0.5, 0.6) is 0 Å². The number of oxazole rings is 1. The summed E-state index contributed by atoms with van der Waals surface area (Å²) in [6, 6.07) is 13.2. The van der Waals surface area contributed by atoms with Crippen LogP contribution in [0.15, 0.2) is 46.9 Å². The summed E-state index contributed by atoms with van der Waals surface area (Å²) in [5, 5.41) is 2.70. The lowest BCUT2D eigenvalue weighted by Crippen LogP contribution is -2.13. The number of hydrogen-bond acceptors (Lipinski definition) is 4. The van der Waals surface area contributed by atoms with Crippen molar-refractivity contribution in [2.24, 2.45) is 0 Å². The molecular weight excluding hydrogens is 280 g/mol. The van der Waals surface area contributed by atoms with Gasteiger partial charge < -0.3 is 9.15 Å². The molecule has 2 aromatic carbocycles. The van der Waals surface area contributed by atoms with Crippen LogP contribution in [-0.2, 0) is 4.74 Å². The molecule has 0 aliphatic carbocycles. The molecule has 1 aromatic heterocycles. The number of para-hydroxylation sites is 1. The Morgan fingerprint density at radius 1 is 1.27 bits per heavy atom. The highest BCUT2D eigenvalue weighted by molar-refractivity contribution is 5.91. The summed E-state index contributed by atoms with van der Waals surface area (Å²) in [6.07, 6.45) is -0.498. The van der Waals surface area contributed by atoms with Crippen molar-refractivity contribution in [1.29, 1.82) is 0 Å². The fourth-order valence-electron chi connectivity index (χ4n) is 2.21. The molecule has 0 unspecified atom stereocenters. The average Bonchev–Trinajstić information content (AvgIpc) is 2.90. The van der Waals surface area contributed by atoms with Crippen molar-refractivity contribution in [2.45, 2.75) is 13.8 Å². The quantitative estimate of drug-likeness (QED) is 0.779. The van der Waals surface area contributed by atoms with Crippen molar-refractivity contribution in [3.05, 3.63) is 48.0 Å². The zero-order valence-corrected chi connectivity index (χ0v) is 12.4. The predicted molar refractivity (Wildman–Crippen MR) is 84.8 cm³/mol. The number of benzene rings is 2. The van der Waals surface area contributed by atoms with Crippen LogP contribution < -0.4 is 5.32 Å². The Hall–Kier alpha value is -2.82. The van der Waals surface area contributed by atoms with E-state index in [-0.39, 0.29) is 0 Å². The molecular formula is C17H16N2O3. The topological polar surface area (TPSA) is 64.4 Å². The maximum absolute atomic E-state index is 11.6. The van der Waals surface area contributed by atoms with E-state index in [9.17, 15) is 4.79 Å². The first-order chi connectivity index (χ1) is 10.7. The Morgan fingerprint density at radius 2 is 2.09 bits per heavy atom. The number of hydrogen-bond donors (Lipinski definition) is 1. The molecule has 1 amide bonds. The fourth-order valence-corrected chi connectivity index (χ4v) is 2.21. The van der Waals surface area contributed by atoms with E-state index in [0.29, 0.717) is 29.3 Å². The molecule has 1 heterocycles. The minimum atomic E-state index is -0.498. The molecule has 0 aliphatic heterocycles. The van der Waals surface area contributed by atoms with Gasteiger partial charge in [0.2, 0.25) is 5.89 Å². The number of carbonyl (C=O) groups excluding carboxylic acids is 1. The minimum absolute atomic E-state index is 0.316. The third kappa shape index (κ3) is 2.79. The average molecular weight is 296 g/mol. The SMILES string of the molecule is CCOC(=O)Nc1ccccc1-c1nc2cc(C)ccc2o1. The number of nitrogens with one attached hydrogen (secondary N) is 1. The summed E-state index contributed by atoms with van der Waals surface area (Å²) in [4.78, 5) is 16.1. The fraction of sp³-hybridized carbons (Fsp3) is 0.176. The second-order valence-electron chi connectivity index (χ2n) is 4.88. The molecule has 5 nitrogen and oxygen atoms in total. The summed E-state index contributed by atoms with van der Waals surface area (Å²) in [5.74, 6) is 0.466. The summed E-state index contributed by atoms with van der Waals surface area (Å²) in [6.45, 7) is 4.08. The molecule has 1 N–H and O–H groups in total. The Labute approximate surface area is 127 Å². The number of anilines is 1. The Morgan fingerprint density at radius 3 is 2.91 bits per heavy atom. The number of carbonyl (C=O) groups is 1. The third-order valence-corrected chi connectivity index (χ3v) is 3.21. The van der Waals surface area contributed by atoms with Gasteiger partial charge in [-0.3, -0.25) is 5.32 Å². The van der Waals surface area contributed by atoms with E-state index in [1.165, 1.54) is 0 Å². The van der Waals surface area contributed by atoms with Crippen LogP contribution in [0.2, 0.25) is 0 Å². The second-order valence-corrected chi connectivity index (χ2v) is 4.88. The first-order valence-electron chi connectivity index (χ1n) is 7.07. The molecule has 22 heavy (non-hydrogen) atoms. The van der Waals surface area contributed by atoms with Gasteiger partial charge in [0, 0.05) is 0 Å². The molecule has 0 bridgehead atoms. The standard InChI is InChI=1S/C17H16N2O3/c1-3-21-17(20)19-13-7-5-4-6-12(13)16-18-14-10-11(2)8-9-15(14)22-16/h4-10H,3H2,1-2H3,(H,19,20). The molecule has 5 heteroatoms. The van der Waals surface area contributed by atoms with Crippen molar-refractivity contribution in [1.82, 2.24) is 4.98 Å². The highest BCUT2D eigenvalue weighted by Gasteiger charge is 2.14. The van der Waals surface area contributed by atoms with Gasteiger partial charge in [-0.1, -0.05) is 18.2 Å². The van der Waals surface area contributed by atoms with E-state index in [1.54, 1.807) is 13.0 Å². The van der Waals surface area contributed by atoms with E-state index in [0.717, 1.165) is 11.1 Å². The van der Waals surface area contributed by atoms with Gasteiger partial charge in [0.25, 0.3) is 0 Å². The van der Waals surface area contributed by atoms with Gasteiger partial charge in [0.1, 0.15) is 5.52 Å². The summed E-state index contributed by atoms with van der Waals surface area (Å²) in [7, 11) is 0. The predicted octanol–water partition coefficient (Wildman–Crippen LogP) is 4.37. The van der Waals surface area contributed by atoms with E-state index >= 15 is 0 Å². The number of aryl methyl sites for hydroxylation is 1. The van der Waals surface area contributed by atoms with Crippen molar-refractivity contribution in [3.8, 4) is 11.5 Å². The highest BCUT2D eigenvalue weighted by Crippen LogP contribution is 2.30.